The third kappa shape index (κ3) is 2.43. The Labute approximate surface area is 125 Å². The second kappa shape index (κ2) is 4.86. The van der Waals surface area contributed by atoms with Crippen LogP contribution >= 0.6 is 15.9 Å². The quantitative estimate of drug-likeness (QED) is 0.454. The van der Waals surface area contributed by atoms with Crippen LogP contribution in [0.15, 0.2) is 40.5 Å². The molecule has 2 nitrogen and oxygen atoms in total. The van der Waals surface area contributed by atoms with Crippen LogP contribution in [-0.2, 0) is 0 Å². The second-order valence-electron chi connectivity index (χ2n) is 4.88. The molecule has 2 heterocycles. The van der Waals surface area contributed by atoms with Gasteiger partial charge < -0.3 is 0 Å². The second-order valence-corrected chi connectivity index (χ2v) is 6.78. The Balaban J connectivity index is 1.94. The fourth-order valence-corrected chi connectivity index (χ4v) is 4.31. The number of hydrogen-bond donors (Lipinski definition) is 0. The molecule has 0 amide bonds. The van der Waals surface area contributed by atoms with Crippen LogP contribution in [0.2, 0.25) is 0 Å². The van der Waals surface area contributed by atoms with E-state index in [-0.39, 0.29) is 4.95 Å². The standard InChI is InChI=1S/C14H14AsBrN2/c1-9-6-12(15)18(13(16)7-9)14-8-11(4-5-17-14)10-2-3-10/h4-8,10,13H,2-3H2,1H3. The number of hydrogen-bond acceptors (Lipinski definition) is 2. The van der Waals surface area contributed by atoms with Crippen LogP contribution in [0.3, 0.4) is 0 Å². The predicted molar refractivity (Wildman–Crippen MR) is 79.0 cm³/mol. The van der Waals surface area contributed by atoms with Gasteiger partial charge in [-0.25, -0.2) is 0 Å². The topological polar surface area (TPSA) is 16.1 Å². The van der Waals surface area contributed by atoms with Gasteiger partial charge in [-0.15, -0.1) is 0 Å². The molecule has 1 saturated carbocycles. The maximum atomic E-state index is 4.51. The molecule has 0 spiro atoms. The number of nitrogens with zero attached hydrogens (tertiary/aromatic N) is 2. The average molecular weight is 365 g/mol. The van der Waals surface area contributed by atoms with E-state index in [9.17, 15) is 0 Å². The Morgan fingerprint density at radius 2 is 2.22 bits per heavy atom. The molecule has 1 aromatic rings. The van der Waals surface area contributed by atoms with Crippen molar-refractivity contribution in [2.24, 2.45) is 0 Å². The Morgan fingerprint density at radius 1 is 1.44 bits per heavy atom. The number of aromatic nitrogens is 1. The summed E-state index contributed by atoms with van der Waals surface area (Å²) in [7, 11) is 0. The van der Waals surface area contributed by atoms with E-state index >= 15 is 0 Å². The first-order chi connectivity index (χ1) is 8.65. The summed E-state index contributed by atoms with van der Waals surface area (Å²) in [6.07, 6.45) is 8.94. The molecule has 4 heteroatoms. The first kappa shape index (κ1) is 12.5. The molecule has 18 heavy (non-hydrogen) atoms. The molecule has 92 valence electrons. The third-order valence-electron chi connectivity index (χ3n) is 3.32. The zero-order valence-corrected chi connectivity index (χ0v) is 13.6. The van der Waals surface area contributed by atoms with Crippen LogP contribution in [0.1, 0.15) is 31.2 Å². The van der Waals surface area contributed by atoms with E-state index in [0.29, 0.717) is 0 Å². The van der Waals surface area contributed by atoms with E-state index in [1.165, 1.54) is 28.5 Å². The molecule has 1 aliphatic heterocycles. The van der Waals surface area contributed by atoms with Gasteiger partial charge >= 0.3 is 125 Å². The molecule has 1 fully saturated rings. The minimum absolute atomic E-state index is 0.183. The normalized spacial score (nSPS) is 23.7. The maximum absolute atomic E-state index is 4.51. The molecule has 1 aliphatic carbocycles. The summed E-state index contributed by atoms with van der Waals surface area (Å²) < 4.78 is 1.17. The van der Waals surface area contributed by atoms with Gasteiger partial charge in [0.25, 0.3) is 0 Å². The fourth-order valence-electron chi connectivity index (χ4n) is 2.22. The fraction of sp³-hybridized carbons (Fsp3) is 0.357. The van der Waals surface area contributed by atoms with Gasteiger partial charge in [0.2, 0.25) is 0 Å². The van der Waals surface area contributed by atoms with Gasteiger partial charge in [-0.2, -0.15) is 0 Å². The first-order valence-electron chi connectivity index (χ1n) is 6.13. The summed E-state index contributed by atoms with van der Waals surface area (Å²) in [5.41, 5.74) is 2.70. The van der Waals surface area contributed by atoms with Crippen molar-refractivity contribution in [1.82, 2.24) is 4.98 Å². The summed E-state index contributed by atoms with van der Waals surface area (Å²) in [5.74, 6) is 1.79. The number of alkyl halides is 1. The monoisotopic (exact) mass is 364 g/mol. The van der Waals surface area contributed by atoms with Crippen LogP contribution in [0, 0.1) is 0 Å². The van der Waals surface area contributed by atoms with Gasteiger partial charge in [-0.1, -0.05) is 0 Å². The van der Waals surface area contributed by atoms with Crippen LogP contribution in [-0.4, -0.2) is 26.8 Å². The summed E-state index contributed by atoms with van der Waals surface area (Å²) in [5, 5.41) is 0. The van der Waals surface area contributed by atoms with Gasteiger partial charge in [0.1, 0.15) is 0 Å². The van der Waals surface area contributed by atoms with Gasteiger partial charge in [-0.3, -0.25) is 0 Å². The van der Waals surface area contributed by atoms with Crippen molar-refractivity contribution in [1.29, 1.82) is 0 Å². The SMILES string of the molecule is CC1=CC(Br)N(c2cc(C3CC3)ccn2)C([As])=C1. The Morgan fingerprint density at radius 3 is 2.89 bits per heavy atom. The number of anilines is 1. The summed E-state index contributed by atoms with van der Waals surface area (Å²) in [6.45, 7) is 2.12. The molecule has 1 atom stereocenters. The van der Waals surface area contributed by atoms with Gasteiger partial charge in [0.15, 0.2) is 0 Å². The van der Waals surface area contributed by atoms with E-state index in [0.717, 1.165) is 11.7 Å². The van der Waals surface area contributed by atoms with Crippen molar-refractivity contribution in [3.63, 3.8) is 0 Å². The van der Waals surface area contributed by atoms with E-state index in [4.69, 9.17) is 0 Å². The Kier molecular flexibility index (Phi) is 3.38. The Hall–Kier alpha value is -0.532. The van der Waals surface area contributed by atoms with Crippen LogP contribution < -0.4 is 4.90 Å². The zero-order valence-electron chi connectivity index (χ0n) is 10.2. The number of halogens is 1. The van der Waals surface area contributed by atoms with Crippen molar-refractivity contribution in [2.45, 2.75) is 30.6 Å². The summed E-state index contributed by atoms with van der Waals surface area (Å²) in [6, 6.07) is 4.37. The molecule has 2 aliphatic rings. The van der Waals surface area contributed by atoms with Crippen molar-refractivity contribution in [3.05, 3.63) is 46.1 Å². The molecular weight excluding hydrogens is 351 g/mol. The van der Waals surface area contributed by atoms with Gasteiger partial charge in [-0.05, 0) is 0 Å². The molecule has 1 unspecified atom stereocenters. The molecular formula is C14H14AsBrN2. The summed E-state index contributed by atoms with van der Waals surface area (Å²) in [4.78, 5) is 6.91. The first-order valence-corrected chi connectivity index (χ1v) is 7.99. The van der Waals surface area contributed by atoms with Crippen LogP contribution in [0.4, 0.5) is 5.82 Å². The van der Waals surface area contributed by atoms with Gasteiger partial charge in [0.05, 0.1) is 0 Å². The van der Waals surface area contributed by atoms with Gasteiger partial charge in [0, 0.05) is 0 Å². The van der Waals surface area contributed by atoms with E-state index in [2.05, 4.69) is 73.9 Å². The van der Waals surface area contributed by atoms with Crippen LogP contribution in [0.25, 0.3) is 0 Å². The Bertz CT molecular complexity index is 534. The van der Waals surface area contributed by atoms with Crippen molar-refractivity contribution in [3.8, 4) is 0 Å². The van der Waals surface area contributed by atoms with Crippen molar-refractivity contribution in [2.75, 3.05) is 4.90 Å². The number of pyridine rings is 1. The third-order valence-corrected chi connectivity index (χ3v) is 4.71. The van der Waals surface area contributed by atoms with Crippen molar-refractivity contribution >= 4 is 38.6 Å². The molecule has 0 bridgehead atoms. The number of allylic oxidation sites excluding steroid dienone is 2. The molecule has 1 aromatic heterocycles. The van der Waals surface area contributed by atoms with Crippen LogP contribution in [0.5, 0.6) is 0 Å². The van der Waals surface area contributed by atoms with E-state index in [1.807, 2.05) is 6.20 Å². The van der Waals surface area contributed by atoms with E-state index < -0.39 is 0 Å². The number of rotatable bonds is 2. The minimum atomic E-state index is 0.183. The summed E-state index contributed by atoms with van der Waals surface area (Å²) >= 11 is 6.34. The predicted octanol–water partition coefficient (Wildman–Crippen LogP) is 3.46. The molecule has 0 N–H and O–H groups in total. The average Bonchev–Trinajstić information content (AvgIpc) is 3.11. The molecule has 0 saturated heterocycles. The molecule has 0 aromatic carbocycles. The zero-order chi connectivity index (χ0) is 12.7. The van der Waals surface area contributed by atoms with E-state index in [1.54, 1.807) is 0 Å². The van der Waals surface area contributed by atoms with Crippen molar-refractivity contribution < 1.29 is 0 Å². The molecule has 3 rings (SSSR count). The molecule has 2 radical (unpaired) electrons.